The number of non-ortho nitro benzene ring substituents is 1. The third-order valence-electron chi connectivity index (χ3n) is 6.10. The van der Waals surface area contributed by atoms with Crippen molar-refractivity contribution in [3.63, 3.8) is 0 Å². The average molecular weight is 466 g/mol. The summed E-state index contributed by atoms with van der Waals surface area (Å²) < 4.78 is 5.34. The molecule has 2 N–H and O–H groups in total. The average Bonchev–Trinajstić information content (AvgIpc) is 3.28. The van der Waals surface area contributed by atoms with Crippen LogP contribution in [-0.4, -0.2) is 50.4 Å². The van der Waals surface area contributed by atoms with Gasteiger partial charge in [0.05, 0.1) is 16.0 Å². The van der Waals surface area contributed by atoms with Crippen LogP contribution in [0.5, 0.6) is 0 Å². The van der Waals surface area contributed by atoms with E-state index in [1.165, 1.54) is 18.2 Å². The van der Waals surface area contributed by atoms with Gasteiger partial charge in [-0.3, -0.25) is 14.9 Å². The predicted octanol–water partition coefficient (Wildman–Crippen LogP) is 4.17. The molecule has 1 aliphatic carbocycles. The van der Waals surface area contributed by atoms with Crippen molar-refractivity contribution in [3.8, 4) is 0 Å². The third kappa shape index (κ3) is 5.33. The van der Waals surface area contributed by atoms with Crippen molar-refractivity contribution in [2.45, 2.75) is 51.3 Å². The maximum Gasteiger partial charge on any atom is 0.407 e. The van der Waals surface area contributed by atoms with Crippen LogP contribution in [0.25, 0.3) is 11.0 Å². The summed E-state index contributed by atoms with van der Waals surface area (Å²) in [6, 6.07) is 13.6. The van der Waals surface area contributed by atoms with Crippen LogP contribution in [0, 0.1) is 10.1 Å². The number of aromatic nitrogens is 2. The number of hydrogen-bond donors (Lipinski definition) is 2. The lowest BCUT2D eigenvalue weighted by atomic mass is 9.90. The molecule has 10 nitrogen and oxygen atoms in total. The predicted molar refractivity (Wildman–Crippen MR) is 125 cm³/mol. The Bertz CT molecular complexity index is 1180. The number of nitro benzene ring substituents is 1. The summed E-state index contributed by atoms with van der Waals surface area (Å²) in [7, 11) is 0. The van der Waals surface area contributed by atoms with Gasteiger partial charge in [0.15, 0.2) is 5.82 Å². The monoisotopic (exact) mass is 465 g/mol. The Labute approximate surface area is 196 Å². The number of rotatable bonds is 7. The molecule has 2 amide bonds. The third-order valence-corrected chi connectivity index (χ3v) is 6.10. The highest BCUT2D eigenvalue weighted by Gasteiger charge is 2.31. The van der Waals surface area contributed by atoms with Gasteiger partial charge in [0.1, 0.15) is 6.61 Å². The van der Waals surface area contributed by atoms with Crippen LogP contribution in [0.3, 0.4) is 0 Å². The van der Waals surface area contributed by atoms with Gasteiger partial charge in [0.25, 0.3) is 11.6 Å². The van der Waals surface area contributed by atoms with Crippen LogP contribution in [0.15, 0.2) is 48.5 Å². The highest BCUT2D eigenvalue weighted by atomic mass is 16.6. The summed E-state index contributed by atoms with van der Waals surface area (Å²) in [5.41, 5.74) is 1.79. The second-order valence-electron chi connectivity index (χ2n) is 8.36. The Hall–Kier alpha value is -3.95. The number of hydrogen-bond acceptors (Lipinski definition) is 6. The number of nitrogens with one attached hydrogen (secondary N) is 2. The van der Waals surface area contributed by atoms with Crippen LogP contribution in [-0.2, 0) is 11.3 Å². The van der Waals surface area contributed by atoms with E-state index in [4.69, 9.17) is 4.74 Å². The molecule has 0 bridgehead atoms. The Kier molecular flexibility index (Phi) is 7.05. The lowest BCUT2D eigenvalue weighted by Crippen LogP contribution is -2.48. The molecule has 178 valence electrons. The van der Waals surface area contributed by atoms with E-state index in [2.05, 4.69) is 15.3 Å². The molecule has 1 aromatic heterocycles. The number of alkyl carbamates (subject to hydrolysis) is 1. The minimum Gasteiger partial charge on any atom is -0.445 e. The highest BCUT2D eigenvalue weighted by molar-refractivity contribution is 5.94. The standard InChI is InChI=1S/C24H27N5O5/c1-2-28(23(30)22-26-20-12-11-19(29(32)33)14-21(20)27-22)18-10-6-9-17(13-18)25-24(31)34-15-16-7-4-3-5-8-16/h3-5,7-8,11-12,14,17-18H,2,6,9-10,13,15H2,1H3,(H,25,31)(H,26,27)/t17-,18+/m1/s1. The molecule has 1 heterocycles. The summed E-state index contributed by atoms with van der Waals surface area (Å²) in [5, 5.41) is 14.0. The molecule has 10 heteroatoms. The molecule has 1 aliphatic rings. The summed E-state index contributed by atoms with van der Waals surface area (Å²) in [6.45, 7) is 2.58. The van der Waals surface area contributed by atoms with Gasteiger partial charge in [-0.05, 0) is 44.2 Å². The molecule has 1 fully saturated rings. The zero-order valence-electron chi connectivity index (χ0n) is 18.9. The van der Waals surface area contributed by atoms with Gasteiger partial charge in [-0.1, -0.05) is 30.3 Å². The zero-order valence-corrected chi connectivity index (χ0v) is 18.9. The molecule has 0 saturated heterocycles. The van der Waals surface area contributed by atoms with E-state index < -0.39 is 11.0 Å². The molecule has 3 aromatic rings. The van der Waals surface area contributed by atoms with Gasteiger partial charge in [-0.15, -0.1) is 0 Å². The van der Waals surface area contributed by atoms with Gasteiger partial charge in [-0.2, -0.15) is 0 Å². The number of nitro groups is 1. The molecule has 0 unspecified atom stereocenters. The quantitative estimate of drug-likeness (QED) is 0.398. The van der Waals surface area contributed by atoms with Crippen LogP contribution in [0.2, 0.25) is 0 Å². The first kappa shape index (κ1) is 23.2. The number of nitrogens with zero attached hydrogens (tertiary/aromatic N) is 3. The van der Waals surface area contributed by atoms with E-state index in [1.54, 1.807) is 4.90 Å². The second-order valence-corrected chi connectivity index (χ2v) is 8.36. The van der Waals surface area contributed by atoms with Gasteiger partial charge in [0.2, 0.25) is 0 Å². The maximum absolute atomic E-state index is 13.2. The van der Waals surface area contributed by atoms with Crippen molar-refractivity contribution in [2.75, 3.05) is 6.54 Å². The minimum absolute atomic E-state index is 0.0618. The second kappa shape index (κ2) is 10.3. The van der Waals surface area contributed by atoms with Crippen LogP contribution < -0.4 is 5.32 Å². The lowest BCUT2D eigenvalue weighted by Gasteiger charge is -2.36. The number of benzene rings is 2. The van der Waals surface area contributed by atoms with Gasteiger partial charge < -0.3 is 19.9 Å². The van der Waals surface area contributed by atoms with Crippen molar-refractivity contribution in [1.82, 2.24) is 20.2 Å². The normalized spacial score (nSPS) is 17.8. The van der Waals surface area contributed by atoms with Crippen molar-refractivity contribution in [2.24, 2.45) is 0 Å². The Morgan fingerprint density at radius 3 is 2.76 bits per heavy atom. The molecule has 2 atom stereocenters. The van der Waals surface area contributed by atoms with Gasteiger partial charge >= 0.3 is 6.09 Å². The molecule has 1 saturated carbocycles. The summed E-state index contributed by atoms with van der Waals surface area (Å²) in [6.07, 6.45) is 2.65. The Balaban J connectivity index is 1.38. The van der Waals surface area contributed by atoms with E-state index >= 15 is 0 Å². The summed E-state index contributed by atoms with van der Waals surface area (Å²) >= 11 is 0. The fourth-order valence-corrected chi connectivity index (χ4v) is 4.43. The summed E-state index contributed by atoms with van der Waals surface area (Å²) in [5.74, 6) is -0.117. The van der Waals surface area contributed by atoms with Crippen molar-refractivity contribution in [1.29, 1.82) is 0 Å². The summed E-state index contributed by atoms with van der Waals surface area (Å²) in [4.78, 5) is 45.1. The van der Waals surface area contributed by atoms with Gasteiger partial charge in [0, 0.05) is 30.8 Å². The van der Waals surface area contributed by atoms with Crippen molar-refractivity contribution < 1.29 is 19.2 Å². The first-order valence-corrected chi connectivity index (χ1v) is 11.4. The van der Waals surface area contributed by atoms with Crippen LogP contribution in [0.4, 0.5) is 10.5 Å². The molecule has 0 aliphatic heterocycles. The van der Waals surface area contributed by atoms with Crippen molar-refractivity contribution in [3.05, 3.63) is 70.0 Å². The zero-order chi connectivity index (χ0) is 24.1. The minimum atomic E-state index is -0.486. The van der Waals surface area contributed by atoms with E-state index in [9.17, 15) is 19.7 Å². The topological polar surface area (TPSA) is 130 Å². The van der Waals surface area contributed by atoms with Crippen LogP contribution in [0.1, 0.15) is 48.8 Å². The van der Waals surface area contributed by atoms with E-state index in [-0.39, 0.29) is 36.1 Å². The number of H-pyrrole nitrogens is 1. The van der Waals surface area contributed by atoms with Crippen LogP contribution >= 0.6 is 0 Å². The number of amides is 2. The number of aromatic amines is 1. The smallest absolute Gasteiger partial charge is 0.407 e. The highest BCUT2D eigenvalue weighted by Crippen LogP contribution is 2.25. The molecule has 34 heavy (non-hydrogen) atoms. The molecule has 0 radical (unpaired) electrons. The first-order valence-electron chi connectivity index (χ1n) is 11.4. The van der Waals surface area contributed by atoms with Gasteiger partial charge in [-0.25, -0.2) is 9.78 Å². The lowest BCUT2D eigenvalue weighted by molar-refractivity contribution is -0.384. The molecule has 4 rings (SSSR count). The first-order chi connectivity index (χ1) is 16.4. The van der Waals surface area contributed by atoms with E-state index in [0.717, 1.165) is 24.8 Å². The molecular weight excluding hydrogens is 438 g/mol. The number of carbonyl (C=O) groups excluding carboxylic acids is 2. The maximum atomic E-state index is 13.2. The molecular formula is C24H27N5O5. The molecule has 2 aromatic carbocycles. The number of carbonyl (C=O) groups is 2. The SMILES string of the molecule is CCN(C(=O)c1nc2ccc([N+](=O)[O-])cc2[nH]1)[C@H]1CCC[C@@H](NC(=O)OCc2ccccc2)C1. The fourth-order valence-electron chi connectivity index (χ4n) is 4.43. The largest absolute Gasteiger partial charge is 0.445 e. The number of fused-ring (bicyclic) bond motifs is 1. The van der Waals surface area contributed by atoms with E-state index in [1.807, 2.05) is 37.3 Å². The number of ether oxygens (including phenoxy) is 1. The Morgan fingerprint density at radius 1 is 1.24 bits per heavy atom. The number of imidazole rings is 1. The fraction of sp³-hybridized carbons (Fsp3) is 0.375. The molecule has 0 spiro atoms. The van der Waals surface area contributed by atoms with Crippen molar-refractivity contribution >= 4 is 28.7 Å². The Morgan fingerprint density at radius 2 is 2.03 bits per heavy atom. The van der Waals surface area contributed by atoms with E-state index in [0.29, 0.717) is 24.0 Å².